The normalized spacial score (nSPS) is 16.9. The predicted molar refractivity (Wildman–Crippen MR) is 77.5 cm³/mol. The van der Waals surface area contributed by atoms with Crippen LogP contribution < -0.4 is 5.32 Å². The van der Waals surface area contributed by atoms with E-state index in [1.54, 1.807) is 6.33 Å². The molecule has 0 aliphatic heterocycles. The number of hydrogen-bond acceptors (Lipinski definition) is 3. The number of hydrogen-bond donors (Lipinski definition) is 1. The second kappa shape index (κ2) is 5.00. The minimum Gasteiger partial charge on any atom is -0.369 e. The van der Waals surface area contributed by atoms with Crippen molar-refractivity contribution >= 4 is 5.82 Å². The van der Waals surface area contributed by atoms with Gasteiger partial charge in [-0.15, -0.1) is 0 Å². The maximum Gasteiger partial charge on any atom is 0.129 e. The maximum atomic E-state index is 4.29. The molecule has 1 aromatic heterocycles. The molecule has 98 valence electrons. The van der Waals surface area contributed by atoms with E-state index in [0.29, 0.717) is 11.8 Å². The van der Waals surface area contributed by atoms with Crippen LogP contribution in [-0.4, -0.2) is 16.5 Å². The van der Waals surface area contributed by atoms with E-state index in [2.05, 4.69) is 59.5 Å². The van der Waals surface area contributed by atoms with Gasteiger partial charge in [-0.1, -0.05) is 38.1 Å². The van der Waals surface area contributed by atoms with E-state index >= 15 is 0 Å². The molecule has 3 heteroatoms. The number of anilines is 1. The molecule has 1 aliphatic carbocycles. The number of benzene rings is 1. The Morgan fingerprint density at radius 2 is 2.11 bits per heavy atom. The minimum atomic E-state index is 0.438. The van der Waals surface area contributed by atoms with E-state index < -0.39 is 0 Å². The molecule has 2 aromatic rings. The van der Waals surface area contributed by atoms with Crippen molar-refractivity contribution in [2.24, 2.45) is 0 Å². The molecule has 1 N–H and O–H groups in total. The number of aromatic nitrogens is 2. The van der Waals surface area contributed by atoms with Gasteiger partial charge in [-0.25, -0.2) is 9.97 Å². The molecule has 0 fully saturated rings. The average Bonchev–Trinajstić information content (AvgIpc) is 2.40. The van der Waals surface area contributed by atoms with Gasteiger partial charge in [0.05, 0.1) is 0 Å². The van der Waals surface area contributed by atoms with Crippen LogP contribution in [-0.2, 0) is 6.42 Å². The zero-order valence-corrected chi connectivity index (χ0v) is 11.4. The fraction of sp³-hybridized carbons (Fsp3) is 0.375. The lowest BCUT2D eigenvalue weighted by Crippen LogP contribution is -2.24. The van der Waals surface area contributed by atoms with Gasteiger partial charge >= 0.3 is 0 Å². The molecule has 0 saturated carbocycles. The van der Waals surface area contributed by atoms with Gasteiger partial charge in [-0.3, -0.25) is 0 Å². The van der Waals surface area contributed by atoms with Gasteiger partial charge in [-0.05, 0) is 23.5 Å². The van der Waals surface area contributed by atoms with Crippen molar-refractivity contribution in [2.45, 2.75) is 32.1 Å². The molecule has 0 bridgehead atoms. The molecule has 1 heterocycles. The minimum absolute atomic E-state index is 0.438. The highest BCUT2D eigenvalue weighted by Crippen LogP contribution is 2.34. The Labute approximate surface area is 114 Å². The molecule has 0 spiro atoms. The fourth-order valence-corrected chi connectivity index (χ4v) is 2.56. The topological polar surface area (TPSA) is 37.8 Å². The lowest BCUT2D eigenvalue weighted by atomic mass is 9.77. The Hall–Kier alpha value is -1.90. The van der Waals surface area contributed by atoms with Gasteiger partial charge in [0.1, 0.15) is 12.1 Å². The summed E-state index contributed by atoms with van der Waals surface area (Å²) in [6, 6.07) is 10.7. The van der Waals surface area contributed by atoms with Crippen molar-refractivity contribution in [3.05, 3.63) is 53.5 Å². The molecule has 1 atom stereocenters. The van der Waals surface area contributed by atoms with E-state index in [0.717, 1.165) is 18.1 Å². The summed E-state index contributed by atoms with van der Waals surface area (Å²) in [6.45, 7) is 5.24. The van der Waals surface area contributed by atoms with Crippen molar-refractivity contribution < 1.29 is 0 Å². The van der Waals surface area contributed by atoms with Crippen LogP contribution in [0.5, 0.6) is 0 Å². The van der Waals surface area contributed by atoms with E-state index in [4.69, 9.17) is 0 Å². The lowest BCUT2D eigenvalue weighted by Gasteiger charge is -2.30. The molecule has 3 nitrogen and oxygen atoms in total. The van der Waals surface area contributed by atoms with Gasteiger partial charge in [0.2, 0.25) is 0 Å². The van der Waals surface area contributed by atoms with Crippen LogP contribution in [0, 0.1) is 0 Å². The number of rotatable bonds is 4. The molecule has 0 amide bonds. The molecular formula is C16H19N3. The van der Waals surface area contributed by atoms with Crippen molar-refractivity contribution in [2.75, 3.05) is 11.9 Å². The van der Waals surface area contributed by atoms with Crippen LogP contribution in [0.25, 0.3) is 0 Å². The van der Waals surface area contributed by atoms with Crippen molar-refractivity contribution in [1.29, 1.82) is 0 Å². The summed E-state index contributed by atoms with van der Waals surface area (Å²) in [6.07, 6.45) is 2.82. The van der Waals surface area contributed by atoms with Gasteiger partial charge in [0.25, 0.3) is 0 Å². The Balaban J connectivity index is 1.63. The van der Waals surface area contributed by atoms with Crippen molar-refractivity contribution in [3.63, 3.8) is 0 Å². The van der Waals surface area contributed by atoms with E-state index in [1.165, 1.54) is 17.5 Å². The SMILES string of the molecule is CC(C)c1cc(NCC2Cc3ccccc32)ncn1. The number of fused-ring (bicyclic) bond motifs is 1. The number of nitrogens with one attached hydrogen (secondary N) is 1. The monoisotopic (exact) mass is 253 g/mol. The Bertz CT molecular complexity index is 578. The zero-order chi connectivity index (χ0) is 13.2. The zero-order valence-electron chi connectivity index (χ0n) is 11.4. The van der Waals surface area contributed by atoms with Crippen LogP contribution >= 0.6 is 0 Å². The summed E-state index contributed by atoms with van der Waals surface area (Å²) in [5, 5.41) is 3.43. The Morgan fingerprint density at radius 3 is 2.89 bits per heavy atom. The molecular weight excluding hydrogens is 234 g/mol. The van der Waals surface area contributed by atoms with Gasteiger partial charge < -0.3 is 5.32 Å². The molecule has 0 radical (unpaired) electrons. The maximum absolute atomic E-state index is 4.29. The van der Waals surface area contributed by atoms with Crippen LogP contribution in [0.4, 0.5) is 5.82 Å². The van der Waals surface area contributed by atoms with Crippen LogP contribution in [0.15, 0.2) is 36.7 Å². The Morgan fingerprint density at radius 1 is 1.26 bits per heavy atom. The Kier molecular flexibility index (Phi) is 3.20. The standard InChI is InChI=1S/C16H19N3/c1-11(2)15-8-16(19-10-18-15)17-9-13-7-12-5-3-4-6-14(12)13/h3-6,8,10-11,13H,7,9H2,1-2H3,(H,17,18,19). The molecule has 1 aliphatic rings. The van der Waals surface area contributed by atoms with Gasteiger partial charge in [-0.2, -0.15) is 0 Å². The first-order valence-corrected chi connectivity index (χ1v) is 6.87. The first kappa shape index (κ1) is 12.2. The molecule has 19 heavy (non-hydrogen) atoms. The van der Waals surface area contributed by atoms with Gasteiger partial charge in [0.15, 0.2) is 0 Å². The van der Waals surface area contributed by atoms with E-state index in [9.17, 15) is 0 Å². The average molecular weight is 253 g/mol. The summed E-state index contributed by atoms with van der Waals surface area (Å²) < 4.78 is 0. The third kappa shape index (κ3) is 2.46. The summed E-state index contributed by atoms with van der Waals surface area (Å²) >= 11 is 0. The first-order valence-electron chi connectivity index (χ1n) is 6.87. The number of nitrogens with zero attached hydrogens (tertiary/aromatic N) is 2. The highest BCUT2D eigenvalue weighted by atomic mass is 15.0. The predicted octanol–water partition coefficient (Wildman–Crippen LogP) is 3.35. The van der Waals surface area contributed by atoms with Crippen molar-refractivity contribution in [3.8, 4) is 0 Å². The molecule has 1 unspecified atom stereocenters. The lowest BCUT2D eigenvalue weighted by molar-refractivity contribution is 0.634. The second-order valence-corrected chi connectivity index (χ2v) is 5.46. The fourth-order valence-electron chi connectivity index (χ4n) is 2.56. The summed E-state index contributed by atoms with van der Waals surface area (Å²) in [5.41, 5.74) is 4.06. The first-order chi connectivity index (χ1) is 9.24. The molecule has 0 saturated heterocycles. The highest BCUT2D eigenvalue weighted by Gasteiger charge is 2.24. The van der Waals surface area contributed by atoms with Crippen molar-refractivity contribution in [1.82, 2.24) is 9.97 Å². The third-order valence-corrected chi connectivity index (χ3v) is 3.77. The second-order valence-electron chi connectivity index (χ2n) is 5.46. The van der Waals surface area contributed by atoms with Crippen LogP contribution in [0.1, 0.15) is 42.5 Å². The summed E-state index contributed by atoms with van der Waals surface area (Å²) in [4.78, 5) is 8.57. The van der Waals surface area contributed by atoms with Crippen LogP contribution in [0.2, 0.25) is 0 Å². The van der Waals surface area contributed by atoms with Gasteiger partial charge in [0, 0.05) is 24.2 Å². The highest BCUT2D eigenvalue weighted by molar-refractivity contribution is 5.43. The van der Waals surface area contributed by atoms with E-state index in [1.807, 2.05) is 0 Å². The molecule has 3 rings (SSSR count). The smallest absolute Gasteiger partial charge is 0.129 e. The largest absolute Gasteiger partial charge is 0.369 e. The summed E-state index contributed by atoms with van der Waals surface area (Å²) in [5.74, 6) is 1.99. The summed E-state index contributed by atoms with van der Waals surface area (Å²) in [7, 11) is 0. The van der Waals surface area contributed by atoms with E-state index in [-0.39, 0.29) is 0 Å². The molecule has 1 aromatic carbocycles. The van der Waals surface area contributed by atoms with Crippen LogP contribution in [0.3, 0.4) is 0 Å². The quantitative estimate of drug-likeness (QED) is 0.908. The third-order valence-electron chi connectivity index (χ3n) is 3.77.